The molecule has 5 heteroatoms. The van der Waals surface area contributed by atoms with Crippen LogP contribution in [0.3, 0.4) is 0 Å². The van der Waals surface area contributed by atoms with Crippen molar-refractivity contribution < 1.29 is 14.0 Å². The third kappa shape index (κ3) is 2.95. The standard InChI is InChI=1S/C22H24N2O3/c25-21(24-12-9-15-4-1-2-5-19(15)24)16-7-10-23(11-8-16)22(26)18-14-17(18)20-6-3-13-27-20/h1-6,13,16-18H,7-12,14H2. The second-order valence-corrected chi connectivity index (χ2v) is 7.93. The average molecular weight is 364 g/mol. The van der Waals surface area contributed by atoms with Gasteiger partial charge in [0, 0.05) is 43.1 Å². The summed E-state index contributed by atoms with van der Waals surface area (Å²) < 4.78 is 5.44. The minimum Gasteiger partial charge on any atom is -0.469 e. The number of carbonyl (C=O) groups is 2. The summed E-state index contributed by atoms with van der Waals surface area (Å²) in [7, 11) is 0. The lowest BCUT2D eigenvalue weighted by Crippen LogP contribution is -2.44. The lowest BCUT2D eigenvalue weighted by Gasteiger charge is -2.33. The topological polar surface area (TPSA) is 53.8 Å². The van der Waals surface area contributed by atoms with E-state index in [2.05, 4.69) is 6.07 Å². The molecule has 2 fully saturated rings. The van der Waals surface area contributed by atoms with Gasteiger partial charge in [0.15, 0.2) is 0 Å². The van der Waals surface area contributed by atoms with E-state index in [0.29, 0.717) is 13.1 Å². The van der Waals surface area contributed by atoms with Gasteiger partial charge in [-0.1, -0.05) is 18.2 Å². The molecule has 1 aromatic carbocycles. The van der Waals surface area contributed by atoms with E-state index in [1.165, 1.54) is 5.56 Å². The van der Waals surface area contributed by atoms with Crippen molar-refractivity contribution in [2.24, 2.45) is 11.8 Å². The molecule has 0 bridgehead atoms. The van der Waals surface area contributed by atoms with Crippen LogP contribution in [0, 0.1) is 11.8 Å². The summed E-state index contributed by atoms with van der Waals surface area (Å²) in [6, 6.07) is 12.0. The first-order chi connectivity index (χ1) is 13.2. The maximum Gasteiger partial charge on any atom is 0.230 e. The first-order valence-corrected chi connectivity index (χ1v) is 9.94. The van der Waals surface area contributed by atoms with Gasteiger partial charge in [0.2, 0.25) is 11.8 Å². The van der Waals surface area contributed by atoms with E-state index in [4.69, 9.17) is 4.42 Å². The Hall–Kier alpha value is -2.56. The highest BCUT2D eigenvalue weighted by Gasteiger charge is 2.48. The van der Waals surface area contributed by atoms with Crippen LogP contribution in [0.25, 0.3) is 0 Å². The number of amides is 2. The molecule has 2 atom stereocenters. The van der Waals surface area contributed by atoms with Gasteiger partial charge in [-0.05, 0) is 49.4 Å². The minimum absolute atomic E-state index is 0.0280. The highest BCUT2D eigenvalue weighted by molar-refractivity contribution is 5.97. The molecule has 1 saturated heterocycles. The van der Waals surface area contributed by atoms with Crippen LogP contribution in [0.5, 0.6) is 0 Å². The van der Waals surface area contributed by atoms with E-state index in [-0.39, 0.29) is 29.6 Å². The fraction of sp³-hybridized carbons (Fsp3) is 0.455. The third-order valence-corrected chi connectivity index (χ3v) is 6.33. The van der Waals surface area contributed by atoms with Crippen molar-refractivity contribution in [2.45, 2.75) is 31.6 Å². The number of likely N-dealkylation sites (tertiary alicyclic amines) is 1. The Kier molecular flexibility index (Phi) is 4.03. The lowest BCUT2D eigenvalue weighted by molar-refractivity contribution is -0.136. The summed E-state index contributed by atoms with van der Waals surface area (Å²) in [5.74, 6) is 1.72. The molecule has 0 spiro atoms. The molecule has 1 aromatic heterocycles. The number of piperidine rings is 1. The molecule has 3 aliphatic rings. The molecule has 3 heterocycles. The average Bonchev–Trinajstić information content (AvgIpc) is 3.13. The van der Waals surface area contributed by atoms with Crippen molar-refractivity contribution in [2.75, 3.05) is 24.5 Å². The zero-order valence-corrected chi connectivity index (χ0v) is 15.3. The van der Waals surface area contributed by atoms with Gasteiger partial charge in [-0.15, -0.1) is 0 Å². The van der Waals surface area contributed by atoms with Gasteiger partial charge < -0.3 is 14.2 Å². The molecule has 5 rings (SSSR count). The molecule has 2 aromatic rings. The maximum atomic E-state index is 13.0. The predicted molar refractivity (Wildman–Crippen MR) is 101 cm³/mol. The molecule has 2 amide bonds. The minimum atomic E-state index is 0.0280. The maximum absolute atomic E-state index is 13.0. The number of furan rings is 1. The Morgan fingerprint density at radius 2 is 1.78 bits per heavy atom. The van der Waals surface area contributed by atoms with E-state index in [1.807, 2.05) is 40.1 Å². The highest BCUT2D eigenvalue weighted by atomic mass is 16.3. The van der Waals surface area contributed by atoms with Gasteiger partial charge in [-0.25, -0.2) is 0 Å². The first-order valence-electron chi connectivity index (χ1n) is 9.94. The monoisotopic (exact) mass is 364 g/mol. The smallest absolute Gasteiger partial charge is 0.230 e. The van der Waals surface area contributed by atoms with Crippen molar-refractivity contribution in [1.82, 2.24) is 4.90 Å². The van der Waals surface area contributed by atoms with Crippen molar-refractivity contribution >= 4 is 17.5 Å². The molecular formula is C22H24N2O3. The number of anilines is 1. The molecule has 140 valence electrons. The summed E-state index contributed by atoms with van der Waals surface area (Å²) >= 11 is 0. The van der Waals surface area contributed by atoms with Crippen LogP contribution in [0.1, 0.15) is 36.5 Å². The largest absolute Gasteiger partial charge is 0.469 e. The van der Waals surface area contributed by atoms with E-state index in [1.54, 1.807) is 6.26 Å². The lowest BCUT2D eigenvalue weighted by atomic mass is 9.94. The molecule has 2 aliphatic heterocycles. The second kappa shape index (κ2) is 6.55. The number of para-hydroxylation sites is 1. The van der Waals surface area contributed by atoms with Crippen LogP contribution in [0.2, 0.25) is 0 Å². The van der Waals surface area contributed by atoms with E-state index >= 15 is 0 Å². The number of hydrogen-bond acceptors (Lipinski definition) is 3. The summed E-state index contributed by atoms with van der Waals surface area (Å²) in [6.45, 7) is 2.16. The fourth-order valence-electron chi connectivity index (χ4n) is 4.65. The van der Waals surface area contributed by atoms with E-state index in [0.717, 1.165) is 43.7 Å². The quantitative estimate of drug-likeness (QED) is 0.840. The Bertz CT molecular complexity index is 852. The van der Waals surface area contributed by atoms with Gasteiger partial charge in [-0.2, -0.15) is 0 Å². The number of fused-ring (bicyclic) bond motifs is 1. The van der Waals surface area contributed by atoms with Crippen LogP contribution in [-0.4, -0.2) is 36.3 Å². The van der Waals surface area contributed by atoms with Crippen LogP contribution >= 0.6 is 0 Å². The third-order valence-electron chi connectivity index (χ3n) is 6.33. The number of nitrogens with zero attached hydrogens (tertiary/aromatic N) is 2. The molecule has 27 heavy (non-hydrogen) atoms. The van der Waals surface area contributed by atoms with Crippen LogP contribution in [0.4, 0.5) is 5.69 Å². The zero-order chi connectivity index (χ0) is 18.4. The van der Waals surface area contributed by atoms with Gasteiger partial charge in [0.05, 0.1) is 6.26 Å². The van der Waals surface area contributed by atoms with Crippen LogP contribution in [-0.2, 0) is 16.0 Å². The summed E-state index contributed by atoms with van der Waals surface area (Å²) in [5, 5.41) is 0. The van der Waals surface area contributed by atoms with Gasteiger partial charge in [0.1, 0.15) is 5.76 Å². The molecule has 5 nitrogen and oxygen atoms in total. The van der Waals surface area contributed by atoms with Gasteiger partial charge in [0.25, 0.3) is 0 Å². The molecule has 2 unspecified atom stereocenters. The first kappa shape index (κ1) is 16.6. The van der Waals surface area contributed by atoms with Crippen molar-refractivity contribution in [1.29, 1.82) is 0 Å². The Morgan fingerprint density at radius 3 is 2.56 bits per heavy atom. The predicted octanol–water partition coefficient (Wildman–Crippen LogP) is 3.21. The summed E-state index contributed by atoms with van der Waals surface area (Å²) in [5.41, 5.74) is 2.33. The van der Waals surface area contributed by atoms with E-state index < -0.39 is 0 Å². The molecule has 0 radical (unpaired) electrons. The van der Waals surface area contributed by atoms with Crippen molar-refractivity contribution in [3.05, 3.63) is 54.0 Å². The normalized spacial score (nSPS) is 24.7. The molecule has 1 saturated carbocycles. The Morgan fingerprint density at radius 1 is 0.963 bits per heavy atom. The SMILES string of the molecule is O=C(C1CC1c1ccco1)N1CCC(C(=O)N2CCc3ccccc32)CC1. The molecular weight excluding hydrogens is 340 g/mol. The number of rotatable bonds is 3. The van der Waals surface area contributed by atoms with E-state index in [9.17, 15) is 9.59 Å². The number of carbonyl (C=O) groups excluding carboxylic acids is 2. The van der Waals surface area contributed by atoms with Crippen LogP contribution < -0.4 is 4.90 Å². The highest BCUT2D eigenvalue weighted by Crippen LogP contribution is 2.49. The summed E-state index contributed by atoms with van der Waals surface area (Å²) in [6.07, 6.45) is 5.02. The van der Waals surface area contributed by atoms with Gasteiger partial charge in [-0.3, -0.25) is 9.59 Å². The Balaban J connectivity index is 1.18. The fourth-order valence-corrected chi connectivity index (χ4v) is 4.65. The van der Waals surface area contributed by atoms with Crippen molar-refractivity contribution in [3.63, 3.8) is 0 Å². The number of hydrogen-bond donors (Lipinski definition) is 0. The molecule has 1 aliphatic carbocycles. The van der Waals surface area contributed by atoms with Gasteiger partial charge >= 0.3 is 0 Å². The summed E-state index contributed by atoms with van der Waals surface area (Å²) in [4.78, 5) is 29.7. The Labute approximate surface area is 158 Å². The zero-order valence-electron chi connectivity index (χ0n) is 15.3. The van der Waals surface area contributed by atoms with Crippen LogP contribution in [0.15, 0.2) is 47.1 Å². The van der Waals surface area contributed by atoms with Crippen molar-refractivity contribution in [3.8, 4) is 0 Å². The number of benzene rings is 1. The second-order valence-electron chi connectivity index (χ2n) is 7.93. The molecule has 0 N–H and O–H groups in total.